The molecule has 2 rings (SSSR count). The number of nitrogens with zero attached hydrogens (tertiary/aromatic N) is 1. The Bertz CT molecular complexity index is 530. The van der Waals surface area contributed by atoms with Crippen molar-refractivity contribution in [1.82, 2.24) is 9.55 Å². The minimum atomic E-state index is -0.818. The molecule has 1 aliphatic rings. The van der Waals surface area contributed by atoms with Crippen LogP contribution in [0.25, 0.3) is 0 Å². The van der Waals surface area contributed by atoms with Gasteiger partial charge < -0.3 is 14.9 Å². The number of H-pyrrole nitrogens is 1. The van der Waals surface area contributed by atoms with Gasteiger partial charge in [-0.05, 0) is 22.6 Å². The van der Waals surface area contributed by atoms with Crippen LogP contribution in [0.4, 0.5) is 0 Å². The molecule has 1 fully saturated rings. The molecule has 0 aromatic carbocycles. The summed E-state index contributed by atoms with van der Waals surface area (Å²) in [4.78, 5) is 24.9. The van der Waals surface area contributed by atoms with Gasteiger partial charge in [-0.2, -0.15) is 0 Å². The summed E-state index contributed by atoms with van der Waals surface area (Å²) in [6.45, 7) is -0.313. The molecule has 0 aliphatic carbocycles. The molecule has 0 radical (unpaired) electrons. The zero-order valence-corrected chi connectivity index (χ0v) is 14.5. The zero-order valence-electron chi connectivity index (χ0n) is 9.38. The molecule has 1 saturated heterocycles. The van der Waals surface area contributed by atoms with Crippen molar-refractivity contribution in [1.29, 1.82) is 0 Å². The fourth-order valence-electron chi connectivity index (χ4n) is 1.72. The van der Waals surface area contributed by atoms with E-state index in [1.165, 1.54) is 10.8 Å². The Kier molecular flexibility index (Phi) is 5.66. The average molecular weight is 419 g/mol. The number of aromatic amines is 1. The Morgan fingerprint density at radius 2 is 2.22 bits per heavy atom. The molecule has 1 aromatic heterocycles. The maximum Gasteiger partial charge on any atom is 0.330 e. The zero-order chi connectivity index (χ0) is 12.6. The van der Waals surface area contributed by atoms with E-state index in [0.29, 0.717) is 3.57 Å². The molecule has 18 heavy (non-hydrogen) atoms. The Labute approximate surface area is 128 Å². The van der Waals surface area contributed by atoms with E-state index in [-0.39, 0.29) is 32.5 Å². The summed E-state index contributed by atoms with van der Waals surface area (Å²) in [6.07, 6.45) is -0.607. The molecule has 1 aromatic rings. The van der Waals surface area contributed by atoms with Crippen LogP contribution in [0.15, 0.2) is 15.8 Å². The number of ether oxygens (including phenoxy) is 1. The number of hydrogen-bond acceptors (Lipinski definition) is 5. The second-order valence-electron chi connectivity index (χ2n) is 3.76. The molecule has 3 atom stereocenters. The smallest absolute Gasteiger partial charge is 0.330 e. The number of hydrogen-bond donors (Lipinski definition) is 3. The van der Waals surface area contributed by atoms with Crippen molar-refractivity contribution in [3.8, 4) is 0 Å². The summed E-state index contributed by atoms with van der Waals surface area (Å²) in [6, 6.07) is 0. The third kappa shape index (κ3) is 3.08. The van der Waals surface area contributed by atoms with Crippen molar-refractivity contribution < 1.29 is 34.4 Å². The predicted molar refractivity (Wildman–Crippen MR) is 65.7 cm³/mol. The van der Waals surface area contributed by atoms with Crippen LogP contribution in [0, 0.1) is 3.57 Å². The topological polar surface area (TPSA) is 105 Å². The van der Waals surface area contributed by atoms with Crippen LogP contribution < -0.4 is 11.2 Å². The molecule has 0 amide bonds. The van der Waals surface area contributed by atoms with Crippen LogP contribution in [0.2, 0.25) is 0 Å². The van der Waals surface area contributed by atoms with E-state index in [0.717, 1.165) is 0 Å². The first-order valence-electron chi connectivity index (χ1n) is 4.98. The van der Waals surface area contributed by atoms with Gasteiger partial charge in [-0.15, -0.1) is 0 Å². The quantitative estimate of drug-likeness (QED) is 0.412. The van der Waals surface area contributed by atoms with Crippen molar-refractivity contribution in [2.45, 2.75) is 24.9 Å². The number of aromatic nitrogens is 2. The molecule has 3 N–H and O–H groups in total. The minimum Gasteiger partial charge on any atom is -0.394 e. The molecular formula is C9H11IN2O5Zn. The first-order chi connectivity index (χ1) is 8.02. The van der Waals surface area contributed by atoms with Gasteiger partial charge in [0.1, 0.15) is 12.3 Å². The van der Waals surface area contributed by atoms with Crippen molar-refractivity contribution in [3.63, 3.8) is 0 Å². The molecule has 96 valence electrons. The Balaban J connectivity index is 0.00000162. The summed E-state index contributed by atoms with van der Waals surface area (Å²) < 4.78 is 6.89. The van der Waals surface area contributed by atoms with E-state index >= 15 is 0 Å². The van der Waals surface area contributed by atoms with Gasteiger partial charge in [-0.1, -0.05) is 0 Å². The Morgan fingerprint density at radius 3 is 2.78 bits per heavy atom. The second kappa shape index (κ2) is 6.38. The summed E-state index contributed by atoms with van der Waals surface area (Å²) in [5, 5.41) is 18.5. The first kappa shape index (κ1) is 16.0. The van der Waals surface area contributed by atoms with Crippen molar-refractivity contribution >= 4 is 22.6 Å². The summed E-state index contributed by atoms with van der Waals surface area (Å²) in [5.74, 6) is 0. The molecule has 1 unspecified atom stereocenters. The third-order valence-corrected chi connectivity index (χ3v) is 3.39. The monoisotopic (exact) mass is 418 g/mol. The van der Waals surface area contributed by atoms with Crippen LogP contribution in [0.3, 0.4) is 0 Å². The molecule has 0 spiro atoms. The molecule has 0 saturated carbocycles. The third-order valence-electron chi connectivity index (χ3n) is 2.62. The number of aliphatic hydroxyl groups excluding tert-OH is 2. The van der Waals surface area contributed by atoms with Crippen LogP contribution in [0.5, 0.6) is 0 Å². The average Bonchev–Trinajstić information content (AvgIpc) is 2.65. The number of halogens is 1. The number of rotatable bonds is 2. The molecule has 2 heterocycles. The second-order valence-corrected chi connectivity index (χ2v) is 4.92. The molecular weight excluding hydrogens is 408 g/mol. The van der Waals surface area contributed by atoms with Gasteiger partial charge in [0.05, 0.1) is 16.3 Å². The SMILES string of the molecule is O=c1[nH]c(=O)n(C2C[C@H](O)[C@@H](CO)O2)cc1I.[Zn]. The number of aliphatic hydroxyl groups is 2. The fourth-order valence-corrected chi connectivity index (χ4v) is 2.16. The van der Waals surface area contributed by atoms with Crippen molar-refractivity contribution in [2.75, 3.05) is 6.61 Å². The van der Waals surface area contributed by atoms with Gasteiger partial charge in [0, 0.05) is 32.1 Å². The standard InChI is InChI=1S/C9H11IN2O5.Zn/c10-4-2-12(9(16)11-8(4)15)7-1-5(14)6(3-13)17-7;/h2,5-7,13-14H,1,3H2,(H,11,15,16);/t5-,6+,7?;/m0./s1. The maximum atomic E-state index is 11.6. The van der Waals surface area contributed by atoms with Gasteiger partial charge in [0.2, 0.25) is 0 Å². The van der Waals surface area contributed by atoms with Gasteiger partial charge in [0.15, 0.2) is 0 Å². The van der Waals surface area contributed by atoms with E-state index in [4.69, 9.17) is 9.84 Å². The fraction of sp³-hybridized carbons (Fsp3) is 0.556. The summed E-state index contributed by atoms with van der Waals surface area (Å²) in [5.41, 5.74) is -1.05. The Morgan fingerprint density at radius 1 is 1.56 bits per heavy atom. The van der Waals surface area contributed by atoms with Crippen LogP contribution >= 0.6 is 22.6 Å². The van der Waals surface area contributed by atoms with E-state index in [2.05, 4.69) is 4.98 Å². The largest absolute Gasteiger partial charge is 0.394 e. The Hall–Kier alpha value is -0.0866. The van der Waals surface area contributed by atoms with E-state index in [1.807, 2.05) is 0 Å². The van der Waals surface area contributed by atoms with Gasteiger partial charge in [0.25, 0.3) is 5.56 Å². The van der Waals surface area contributed by atoms with E-state index < -0.39 is 29.7 Å². The summed E-state index contributed by atoms with van der Waals surface area (Å²) >= 11 is 1.80. The van der Waals surface area contributed by atoms with E-state index in [1.54, 1.807) is 22.6 Å². The van der Waals surface area contributed by atoms with Crippen LogP contribution in [0.1, 0.15) is 12.6 Å². The number of nitrogens with one attached hydrogen (secondary N) is 1. The summed E-state index contributed by atoms with van der Waals surface area (Å²) in [7, 11) is 0. The van der Waals surface area contributed by atoms with Gasteiger partial charge in [-0.3, -0.25) is 14.3 Å². The molecule has 0 bridgehead atoms. The van der Waals surface area contributed by atoms with Crippen molar-refractivity contribution in [3.05, 3.63) is 30.6 Å². The minimum absolute atomic E-state index is 0. The van der Waals surface area contributed by atoms with Crippen molar-refractivity contribution in [2.24, 2.45) is 0 Å². The molecule has 1 aliphatic heterocycles. The van der Waals surface area contributed by atoms with E-state index in [9.17, 15) is 14.7 Å². The van der Waals surface area contributed by atoms with Gasteiger partial charge >= 0.3 is 5.69 Å². The van der Waals surface area contributed by atoms with Gasteiger partial charge in [-0.25, -0.2) is 4.79 Å². The molecule has 9 heteroatoms. The first-order valence-corrected chi connectivity index (χ1v) is 6.06. The molecule has 7 nitrogen and oxygen atoms in total. The maximum absolute atomic E-state index is 11.6. The van der Waals surface area contributed by atoms with Crippen LogP contribution in [-0.2, 0) is 24.2 Å². The predicted octanol–water partition coefficient (Wildman–Crippen LogP) is -1.22. The van der Waals surface area contributed by atoms with Crippen LogP contribution in [-0.4, -0.2) is 38.6 Å². The normalized spacial score (nSPS) is 26.9.